The second-order valence-corrected chi connectivity index (χ2v) is 12.7. The number of thiazole rings is 1. The summed E-state index contributed by atoms with van der Waals surface area (Å²) < 4.78 is 57.6. The third-order valence-electron chi connectivity index (χ3n) is 8.60. The summed E-state index contributed by atoms with van der Waals surface area (Å²) in [6.07, 6.45) is 1.14. The molecule has 2 aromatic carbocycles. The molecule has 5 heterocycles. The second kappa shape index (κ2) is 10.9. The minimum atomic E-state index is -0.938. The van der Waals surface area contributed by atoms with Gasteiger partial charge in [-0.2, -0.15) is 15.2 Å². The molecule has 0 spiro atoms. The first-order valence-corrected chi connectivity index (χ1v) is 15.2. The van der Waals surface area contributed by atoms with Crippen molar-refractivity contribution in [2.45, 2.75) is 31.0 Å². The number of rotatable bonds is 5. The molecule has 0 radical (unpaired) electrons. The maximum atomic E-state index is 16.7. The van der Waals surface area contributed by atoms with Crippen molar-refractivity contribution in [2.75, 3.05) is 56.6 Å². The molecule has 2 N–H and O–H groups in total. The van der Waals surface area contributed by atoms with Crippen LogP contribution in [0.5, 0.6) is 6.01 Å². The number of fused-ring (bicyclic) bond motifs is 3. The number of ether oxygens (including phenoxy) is 2. The Morgan fingerprint density at radius 1 is 1.21 bits per heavy atom. The summed E-state index contributed by atoms with van der Waals surface area (Å²) in [6, 6.07) is 6.38. The van der Waals surface area contributed by atoms with Crippen molar-refractivity contribution in [3.05, 3.63) is 34.9 Å². The molecule has 0 bridgehead atoms. The number of aromatic nitrogens is 3. The highest BCUT2D eigenvalue weighted by Crippen LogP contribution is 2.44. The minimum Gasteiger partial charge on any atom is -0.461 e. The van der Waals surface area contributed by atoms with Crippen molar-refractivity contribution < 1.29 is 22.6 Å². The molecular formula is C29H27ClF3N7O2S. The van der Waals surface area contributed by atoms with Gasteiger partial charge >= 0.3 is 6.01 Å². The molecule has 43 heavy (non-hydrogen) atoms. The van der Waals surface area contributed by atoms with Crippen molar-refractivity contribution in [2.24, 2.45) is 5.92 Å². The Hall–Kier alpha value is -3.44. The highest BCUT2D eigenvalue weighted by atomic mass is 35.5. The van der Waals surface area contributed by atoms with Crippen molar-refractivity contribution in [1.29, 1.82) is 5.26 Å². The number of nitrogens with two attached hydrogens (primary N) is 1. The van der Waals surface area contributed by atoms with Crippen molar-refractivity contribution in [3.63, 3.8) is 0 Å². The van der Waals surface area contributed by atoms with Crippen LogP contribution in [0, 0.1) is 28.9 Å². The fraction of sp³-hybridized carbons (Fsp3) is 0.448. The first kappa shape index (κ1) is 28.3. The van der Waals surface area contributed by atoms with Gasteiger partial charge in [0, 0.05) is 42.6 Å². The summed E-state index contributed by atoms with van der Waals surface area (Å²) in [4.78, 5) is 17.4. The van der Waals surface area contributed by atoms with Crippen molar-refractivity contribution in [1.82, 2.24) is 19.9 Å². The smallest absolute Gasteiger partial charge is 0.319 e. The van der Waals surface area contributed by atoms with E-state index in [2.05, 4.69) is 25.9 Å². The van der Waals surface area contributed by atoms with Gasteiger partial charge in [-0.1, -0.05) is 22.9 Å². The zero-order valence-electron chi connectivity index (χ0n) is 23.0. The van der Waals surface area contributed by atoms with Gasteiger partial charge in [0.15, 0.2) is 10.9 Å². The van der Waals surface area contributed by atoms with E-state index in [4.69, 9.17) is 26.8 Å². The highest BCUT2D eigenvalue weighted by molar-refractivity contribution is 7.22. The van der Waals surface area contributed by atoms with Crippen molar-refractivity contribution in [3.8, 4) is 23.2 Å². The number of nitrogens with zero attached hydrogens (tertiary/aromatic N) is 6. The average molecular weight is 630 g/mol. The molecule has 0 saturated carbocycles. The van der Waals surface area contributed by atoms with Gasteiger partial charge in [-0.3, -0.25) is 4.90 Å². The van der Waals surface area contributed by atoms with E-state index in [0.29, 0.717) is 43.9 Å². The fourth-order valence-electron chi connectivity index (χ4n) is 6.63. The quantitative estimate of drug-likeness (QED) is 0.312. The van der Waals surface area contributed by atoms with Gasteiger partial charge < -0.3 is 20.1 Å². The molecule has 3 aliphatic heterocycles. The minimum absolute atomic E-state index is 0.00852. The Kier molecular flexibility index (Phi) is 7.20. The molecular weight excluding hydrogens is 603 g/mol. The first-order valence-electron chi connectivity index (χ1n) is 14.0. The normalized spacial score (nSPS) is 24.4. The lowest BCUT2D eigenvalue weighted by Crippen LogP contribution is -2.43. The van der Waals surface area contributed by atoms with Crippen molar-refractivity contribution >= 4 is 55.0 Å². The number of nitriles is 1. The van der Waals surface area contributed by atoms with Crippen LogP contribution in [0.15, 0.2) is 18.2 Å². The maximum Gasteiger partial charge on any atom is 0.319 e. The van der Waals surface area contributed by atoms with E-state index in [1.807, 2.05) is 4.90 Å². The molecule has 3 fully saturated rings. The van der Waals surface area contributed by atoms with Gasteiger partial charge in [0.05, 0.1) is 46.0 Å². The van der Waals surface area contributed by atoms with E-state index < -0.39 is 29.3 Å². The van der Waals surface area contributed by atoms with E-state index >= 15 is 4.39 Å². The number of anilines is 2. The average Bonchev–Trinajstić information content (AvgIpc) is 3.58. The first-order chi connectivity index (χ1) is 20.8. The molecule has 14 heteroatoms. The summed E-state index contributed by atoms with van der Waals surface area (Å²) >= 11 is 7.70. The molecule has 2 aromatic heterocycles. The number of halogens is 4. The Labute approximate surface area is 254 Å². The van der Waals surface area contributed by atoms with Gasteiger partial charge in [-0.05, 0) is 37.6 Å². The molecule has 3 saturated heterocycles. The van der Waals surface area contributed by atoms with Crippen LogP contribution in [0.1, 0.15) is 19.3 Å². The summed E-state index contributed by atoms with van der Waals surface area (Å²) in [7, 11) is 0. The largest absolute Gasteiger partial charge is 0.461 e. The Morgan fingerprint density at radius 3 is 2.91 bits per heavy atom. The van der Waals surface area contributed by atoms with E-state index in [-0.39, 0.29) is 56.2 Å². The van der Waals surface area contributed by atoms with Gasteiger partial charge in [-0.15, -0.1) is 0 Å². The molecule has 2 unspecified atom stereocenters. The van der Waals surface area contributed by atoms with Crippen LogP contribution in [0.4, 0.5) is 24.1 Å². The summed E-state index contributed by atoms with van der Waals surface area (Å²) in [5.74, 6) is -1.38. The van der Waals surface area contributed by atoms with Crippen LogP contribution in [-0.4, -0.2) is 77.6 Å². The lowest BCUT2D eigenvalue weighted by Gasteiger charge is -2.31. The number of nitrogen functional groups attached to an aromatic ring is 1. The van der Waals surface area contributed by atoms with Crippen LogP contribution in [0.2, 0.25) is 5.02 Å². The predicted octanol–water partition coefficient (Wildman–Crippen LogP) is 5.35. The second-order valence-electron chi connectivity index (χ2n) is 11.3. The van der Waals surface area contributed by atoms with Gasteiger partial charge in [0.2, 0.25) is 0 Å². The molecule has 0 amide bonds. The summed E-state index contributed by atoms with van der Waals surface area (Å²) in [5.41, 5.74) is 5.80. The molecule has 7 rings (SSSR count). The monoisotopic (exact) mass is 629 g/mol. The molecule has 4 aromatic rings. The Bertz CT molecular complexity index is 1790. The number of benzene rings is 2. The topological polar surface area (TPSA) is 113 Å². The molecule has 0 aliphatic carbocycles. The SMILES string of the molecule is N#CC1COCCN(c2nc(OCC34CCCN3C[C@H](F)C4)nc3c(F)c(-c4ccc(F)c5sc(N)nc45)c(Cl)cc23)C1. The van der Waals surface area contributed by atoms with E-state index in [1.54, 1.807) is 6.07 Å². The van der Waals surface area contributed by atoms with E-state index in [0.717, 1.165) is 30.7 Å². The Balaban J connectivity index is 1.38. The summed E-state index contributed by atoms with van der Waals surface area (Å²) in [6.45, 7) is 2.59. The fourth-order valence-corrected chi connectivity index (χ4v) is 7.69. The summed E-state index contributed by atoms with van der Waals surface area (Å²) in [5, 5.41) is 10.2. The number of hydrogen-bond donors (Lipinski definition) is 1. The zero-order chi connectivity index (χ0) is 29.9. The van der Waals surface area contributed by atoms with Crippen LogP contribution >= 0.6 is 22.9 Å². The lowest BCUT2D eigenvalue weighted by molar-refractivity contribution is 0.107. The van der Waals surface area contributed by atoms with E-state index in [9.17, 15) is 14.0 Å². The number of hydrogen-bond acceptors (Lipinski definition) is 10. The van der Waals surface area contributed by atoms with Crippen LogP contribution < -0.4 is 15.4 Å². The maximum absolute atomic E-state index is 16.7. The molecule has 3 aliphatic rings. The third kappa shape index (κ3) is 4.90. The van der Waals surface area contributed by atoms with Crippen LogP contribution in [0.3, 0.4) is 0 Å². The zero-order valence-corrected chi connectivity index (χ0v) is 24.5. The predicted molar refractivity (Wildman–Crippen MR) is 158 cm³/mol. The van der Waals surface area contributed by atoms with Crippen LogP contribution in [-0.2, 0) is 4.74 Å². The van der Waals surface area contributed by atoms with Gasteiger partial charge in [0.1, 0.15) is 29.9 Å². The van der Waals surface area contributed by atoms with Gasteiger partial charge in [0.25, 0.3) is 0 Å². The van der Waals surface area contributed by atoms with Gasteiger partial charge in [-0.25, -0.2) is 18.2 Å². The number of alkyl halides is 1. The Morgan fingerprint density at radius 2 is 2.07 bits per heavy atom. The molecule has 3 atom stereocenters. The molecule has 224 valence electrons. The third-order valence-corrected chi connectivity index (χ3v) is 9.79. The molecule has 9 nitrogen and oxygen atoms in total. The lowest BCUT2D eigenvalue weighted by atomic mass is 9.95. The highest BCUT2D eigenvalue weighted by Gasteiger charge is 2.49. The van der Waals surface area contributed by atoms with Crippen LogP contribution in [0.25, 0.3) is 32.2 Å². The standard InChI is InChI=1S/C29H27ClF3N7O2S/c30-19-8-18-23(22(33)21(19)17-2-3-20(32)25-24(17)36-27(35)43-25)37-28(38-26(18)39-6-7-41-13-15(10-34)11-39)42-14-29-4-1-5-40(29)12-16(31)9-29/h2-3,8,15-16H,1,4-7,9,11-14H2,(H2,35,36)/t15?,16-,29?/m1/s1. The van der Waals surface area contributed by atoms with E-state index in [1.165, 1.54) is 12.1 Å².